The number of methoxy groups -OCH3 is 1. The highest BCUT2D eigenvalue weighted by molar-refractivity contribution is 5.80. The van der Waals surface area contributed by atoms with Crippen LogP contribution in [0.15, 0.2) is 24.5 Å². The number of hydrogen-bond acceptors (Lipinski definition) is 6. The van der Waals surface area contributed by atoms with E-state index in [4.69, 9.17) is 4.74 Å². The molecular weight excluding hydrogens is 334 g/mol. The van der Waals surface area contributed by atoms with Gasteiger partial charge in [0.15, 0.2) is 17.0 Å². The van der Waals surface area contributed by atoms with E-state index in [0.29, 0.717) is 29.6 Å². The summed E-state index contributed by atoms with van der Waals surface area (Å²) in [7, 11) is 1.51. The zero-order valence-electron chi connectivity index (χ0n) is 15.4. The summed E-state index contributed by atoms with van der Waals surface area (Å²) >= 11 is 0. The molecule has 0 radical (unpaired) electrons. The molecule has 0 bridgehead atoms. The van der Waals surface area contributed by atoms with Crippen LogP contribution < -0.4 is 14.6 Å². The SMILES string of the molecule is CCNc1nc[n+](Cc2ccc(OC)c(O)c2)c2nc(C(C)(C)O)[nH]c12. The molecule has 4 N–H and O–H groups in total. The van der Waals surface area contributed by atoms with Crippen LogP contribution in [0.25, 0.3) is 11.2 Å². The Labute approximate surface area is 151 Å². The average molecular weight is 358 g/mol. The Balaban J connectivity index is 2.07. The Morgan fingerprint density at radius 3 is 2.73 bits per heavy atom. The van der Waals surface area contributed by atoms with Crippen molar-refractivity contribution in [3.63, 3.8) is 0 Å². The molecule has 2 aromatic heterocycles. The largest absolute Gasteiger partial charge is 0.504 e. The molecule has 0 unspecified atom stereocenters. The minimum absolute atomic E-state index is 0.0817. The summed E-state index contributed by atoms with van der Waals surface area (Å²) in [6.07, 6.45) is 1.69. The fraction of sp³-hybridized carbons (Fsp3) is 0.389. The number of imidazole rings is 1. The Hall–Kier alpha value is -2.87. The maximum absolute atomic E-state index is 10.3. The third kappa shape index (κ3) is 3.41. The molecule has 0 spiro atoms. The molecule has 8 heteroatoms. The minimum atomic E-state index is -1.10. The number of ether oxygens (including phenoxy) is 1. The number of hydrogen-bond donors (Lipinski definition) is 4. The zero-order valence-corrected chi connectivity index (χ0v) is 15.4. The Morgan fingerprint density at radius 2 is 2.12 bits per heavy atom. The second kappa shape index (κ2) is 6.80. The van der Waals surface area contributed by atoms with Crippen LogP contribution >= 0.6 is 0 Å². The number of benzene rings is 1. The lowest BCUT2D eigenvalue weighted by molar-refractivity contribution is -0.667. The van der Waals surface area contributed by atoms with Crippen molar-refractivity contribution in [2.24, 2.45) is 0 Å². The van der Waals surface area contributed by atoms with E-state index in [1.807, 2.05) is 17.6 Å². The van der Waals surface area contributed by atoms with Gasteiger partial charge >= 0.3 is 0 Å². The van der Waals surface area contributed by atoms with Crippen molar-refractivity contribution < 1.29 is 19.5 Å². The van der Waals surface area contributed by atoms with Crippen LogP contribution in [0.4, 0.5) is 5.82 Å². The number of nitrogens with zero attached hydrogens (tertiary/aromatic N) is 3. The van der Waals surface area contributed by atoms with Crippen molar-refractivity contribution in [3.8, 4) is 11.5 Å². The van der Waals surface area contributed by atoms with E-state index in [1.165, 1.54) is 7.11 Å². The highest BCUT2D eigenvalue weighted by atomic mass is 16.5. The van der Waals surface area contributed by atoms with Gasteiger partial charge in [-0.1, -0.05) is 16.0 Å². The summed E-state index contributed by atoms with van der Waals surface area (Å²) in [5, 5.41) is 23.5. The summed E-state index contributed by atoms with van der Waals surface area (Å²) in [5.74, 6) is 1.65. The second-order valence-electron chi connectivity index (χ2n) is 6.60. The average Bonchev–Trinajstić information content (AvgIpc) is 3.04. The summed E-state index contributed by atoms with van der Waals surface area (Å²) in [6, 6.07) is 5.24. The fourth-order valence-electron chi connectivity index (χ4n) is 2.72. The highest BCUT2D eigenvalue weighted by Crippen LogP contribution is 2.26. The molecule has 0 saturated carbocycles. The lowest BCUT2D eigenvalue weighted by atomic mass is 10.1. The van der Waals surface area contributed by atoms with Gasteiger partial charge in [-0.3, -0.25) is 0 Å². The van der Waals surface area contributed by atoms with Crippen molar-refractivity contribution >= 4 is 17.0 Å². The Bertz CT molecular complexity index is 930. The van der Waals surface area contributed by atoms with Gasteiger partial charge in [0, 0.05) is 6.54 Å². The number of aromatic nitrogens is 4. The van der Waals surface area contributed by atoms with Crippen LogP contribution in [0.5, 0.6) is 11.5 Å². The number of H-pyrrole nitrogens is 1. The van der Waals surface area contributed by atoms with Gasteiger partial charge in [-0.25, -0.2) is 4.57 Å². The Kier molecular flexibility index (Phi) is 4.69. The fourth-order valence-corrected chi connectivity index (χ4v) is 2.72. The number of phenols is 1. The quantitative estimate of drug-likeness (QED) is 0.499. The van der Waals surface area contributed by atoms with Gasteiger partial charge in [0.1, 0.15) is 5.60 Å². The van der Waals surface area contributed by atoms with E-state index >= 15 is 0 Å². The van der Waals surface area contributed by atoms with E-state index < -0.39 is 5.60 Å². The first-order chi connectivity index (χ1) is 12.3. The molecule has 26 heavy (non-hydrogen) atoms. The number of fused-ring (bicyclic) bond motifs is 1. The molecule has 138 valence electrons. The van der Waals surface area contributed by atoms with Gasteiger partial charge < -0.3 is 25.3 Å². The summed E-state index contributed by atoms with van der Waals surface area (Å²) < 4.78 is 6.95. The number of aromatic amines is 1. The number of phenolic OH excluding ortho intramolecular Hbond substituents is 1. The normalized spacial score (nSPS) is 11.7. The van der Waals surface area contributed by atoms with E-state index in [-0.39, 0.29) is 5.75 Å². The van der Waals surface area contributed by atoms with Gasteiger partial charge in [0.25, 0.3) is 5.65 Å². The molecule has 0 atom stereocenters. The van der Waals surface area contributed by atoms with Crippen LogP contribution in [-0.4, -0.2) is 38.8 Å². The molecule has 0 amide bonds. The van der Waals surface area contributed by atoms with Crippen molar-refractivity contribution in [1.29, 1.82) is 0 Å². The predicted molar refractivity (Wildman–Crippen MR) is 97.3 cm³/mol. The van der Waals surface area contributed by atoms with Crippen molar-refractivity contribution in [3.05, 3.63) is 35.9 Å². The van der Waals surface area contributed by atoms with Gasteiger partial charge in [0.2, 0.25) is 18.0 Å². The van der Waals surface area contributed by atoms with Crippen molar-refractivity contribution in [2.75, 3.05) is 19.0 Å². The molecule has 2 heterocycles. The maximum atomic E-state index is 10.3. The lowest BCUT2D eigenvalue weighted by Crippen LogP contribution is -2.36. The molecular formula is C18H24N5O3+. The summed E-state index contributed by atoms with van der Waals surface area (Å²) in [5.41, 5.74) is 1.17. The molecule has 0 fully saturated rings. The molecule has 8 nitrogen and oxygen atoms in total. The van der Waals surface area contributed by atoms with E-state index in [0.717, 1.165) is 17.6 Å². The molecule has 0 saturated heterocycles. The van der Waals surface area contributed by atoms with E-state index in [1.54, 1.807) is 32.3 Å². The highest BCUT2D eigenvalue weighted by Gasteiger charge is 2.28. The van der Waals surface area contributed by atoms with Gasteiger partial charge in [-0.15, -0.1) is 0 Å². The first kappa shape index (κ1) is 17.9. The number of rotatable bonds is 6. The molecule has 3 aromatic rings. The maximum Gasteiger partial charge on any atom is 0.294 e. The van der Waals surface area contributed by atoms with Gasteiger partial charge in [-0.2, -0.15) is 0 Å². The monoisotopic (exact) mass is 358 g/mol. The first-order valence-electron chi connectivity index (χ1n) is 8.44. The molecule has 0 aliphatic carbocycles. The molecule has 3 rings (SSSR count). The molecule has 0 aliphatic rings. The molecule has 1 aromatic carbocycles. The minimum Gasteiger partial charge on any atom is -0.504 e. The Morgan fingerprint density at radius 1 is 1.35 bits per heavy atom. The van der Waals surface area contributed by atoms with Crippen molar-refractivity contribution in [1.82, 2.24) is 15.0 Å². The summed E-state index contributed by atoms with van der Waals surface area (Å²) in [6.45, 7) is 6.52. The van der Waals surface area contributed by atoms with Crippen LogP contribution in [0.1, 0.15) is 32.2 Å². The topological polar surface area (TPSA) is 107 Å². The van der Waals surface area contributed by atoms with Gasteiger partial charge in [-0.05, 0) is 38.5 Å². The summed E-state index contributed by atoms with van der Waals surface area (Å²) in [4.78, 5) is 12.2. The van der Waals surface area contributed by atoms with Crippen LogP contribution in [0.3, 0.4) is 0 Å². The number of aliphatic hydroxyl groups is 1. The number of nitrogens with one attached hydrogen (secondary N) is 2. The third-order valence-corrected chi connectivity index (χ3v) is 4.04. The zero-order chi connectivity index (χ0) is 18.9. The smallest absolute Gasteiger partial charge is 0.294 e. The first-order valence-corrected chi connectivity index (χ1v) is 8.44. The van der Waals surface area contributed by atoms with E-state index in [2.05, 4.69) is 20.3 Å². The van der Waals surface area contributed by atoms with Crippen LogP contribution in [0, 0.1) is 0 Å². The second-order valence-corrected chi connectivity index (χ2v) is 6.60. The lowest BCUT2D eigenvalue weighted by Gasteiger charge is -2.09. The van der Waals surface area contributed by atoms with Crippen molar-refractivity contribution in [2.45, 2.75) is 32.9 Å². The number of aromatic hydroxyl groups is 1. The predicted octanol–water partition coefficient (Wildman–Crippen LogP) is 1.67. The number of anilines is 1. The van der Waals surface area contributed by atoms with Crippen LogP contribution in [-0.2, 0) is 12.1 Å². The van der Waals surface area contributed by atoms with Crippen LogP contribution in [0.2, 0.25) is 0 Å². The third-order valence-electron chi connectivity index (χ3n) is 4.04. The molecule has 0 aliphatic heterocycles. The van der Waals surface area contributed by atoms with Gasteiger partial charge in [0.05, 0.1) is 13.7 Å². The standard InChI is InChI=1S/C18H23N5O3/c1-5-19-15-14-16(22-17(21-14)18(2,3)25)23(10-20-15)9-11-6-7-13(26-4)12(24)8-11/h6-8,10,25H,5,9H2,1-4H3,(H2,19,21,22,24)/p+1. The van der Waals surface area contributed by atoms with E-state index in [9.17, 15) is 10.2 Å².